The van der Waals surface area contributed by atoms with E-state index in [1.165, 1.54) is 0 Å². The molecule has 130 valence electrons. The van der Waals surface area contributed by atoms with Gasteiger partial charge in [0.25, 0.3) is 0 Å². The van der Waals surface area contributed by atoms with Crippen molar-refractivity contribution in [2.45, 2.75) is 20.0 Å². The summed E-state index contributed by atoms with van der Waals surface area (Å²) in [5, 5.41) is 6.60. The Balaban J connectivity index is 1.59. The van der Waals surface area contributed by atoms with Crippen LogP contribution in [0.1, 0.15) is 17.0 Å². The maximum atomic E-state index is 5.25. The smallest absolute Gasteiger partial charge is 0.191 e. The molecule has 0 aliphatic carbocycles. The first-order valence-electron chi connectivity index (χ1n) is 8.20. The van der Waals surface area contributed by atoms with Crippen LogP contribution in [0.15, 0.2) is 53.7 Å². The Labute approximate surface area is 147 Å². The molecule has 0 saturated heterocycles. The number of hydrogen-bond acceptors (Lipinski definition) is 3. The number of guanidine groups is 1. The van der Waals surface area contributed by atoms with Gasteiger partial charge in [-0.2, -0.15) is 0 Å². The second kappa shape index (κ2) is 7.70. The maximum absolute atomic E-state index is 5.25. The van der Waals surface area contributed by atoms with Crippen molar-refractivity contribution < 1.29 is 4.74 Å². The minimum atomic E-state index is 0.610. The molecule has 0 bridgehead atoms. The Morgan fingerprint density at radius 1 is 1.16 bits per heavy atom. The average molecular weight is 337 g/mol. The molecule has 2 aromatic heterocycles. The number of methoxy groups -OCH3 is 1. The number of aliphatic imine (C=N–C) groups is 1. The van der Waals surface area contributed by atoms with Gasteiger partial charge in [-0.25, -0.2) is 4.98 Å². The van der Waals surface area contributed by atoms with Gasteiger partial charge >= 0.3 is 0 Å². The van der Waals surface area contributed by atoms with Crippen molar-refractivity contribution in [1.29, 1.82) is 0 Å². The summed E-state index contributed by atoms with van der Waals surface area (Å²) >= 11 is 0. The number of aryl methyl sites for hydroxylation is 1. The van der Waals surface area contributed by atoms with Gasteiger partial charge in [0.05, 0.1) is 19.3 Å². The molecule has 2 N–H and O–H groups in total. The maximum Gasteiger partial charge on any atom is 0.191 e. The first-order valence-corrected chi connectivity index (χ1v) is 8.20. The number of aromatic nitrogens is 2. The molecule has 0 atom stereocenters. The summed E-state index contributed by atoms with van der Waals surface area (Å²) in [7, 11) is 3.43. The van der Waals surface area contributed by atoms with E-state index in [0.717, 1.165) is 34.3 Å². The van der Waals surface area contributed by atoms with Crippen molar-refractivity contribution in [3.63, 3.8) is 0 Å². The molecule has 2 heterocycles. The van der Waals surface area contributed by atoms with Gasteiger partial charge < -0.3 is 19.8 Å². The fourth-order valence-corrected chi connectivity index (χ4v) is 2.65. The van der Waals surface area contributed by atoms with E-state index in [2.05, 4.69) is 38.0 Å². The highest BCUT2D eigenvalue weighted by atomic mass is 16.5. The van der Waals surface area contributed by atoms with Crippen LogP contribution in [-0.4, -0.2) is 29.5 Å². The van der Waals surface area contributed by atoms with Crippen LogP contribution in [0.5, 0.6) is 5.75 Å². The molecule has 6 heteroatoms. The molecule has 0 amide bonds. The van der Waals surface area contributed by atoms with Gasteiger partial charge in [-0.05, 0) is 36.8 Å². The van der Waals surface area contributed by atoms with E-state index in [9.17, 15) is 0 Å². The Morgan fingerprint density at radius 3 is 2.72 bits per heavy atom. The van der Waals surface area contributed by atoms with E-state index >= 15 is 0 Å². The fourth-order valence-electron chi connectivity index (χ4n) is 2.65. The van der Waals surface area contributed by atoms with E-state index < -0.39 is 0 Å². The first-order chi connectivity index (χ1) is 12.2. The van der Waals surface area contributed by atoms with Gasteiger partial charge in [-0.3, -0.25) is 4.99 Å². The molecule has 3 aromatic rings. The number of benzene rings is 1. The fraction of sp³-hybridized carbons (Fsp3) is 0.263. The third-order valence-electron chi connectivity index (χ3n) is 4.00. The van der Waals surface area contributed by atoms with Crippen LogP contribution >= 0.6 is 0 Å². The molecule has 1 aromatic carbocycles. The quantitative estimate of drug-likeness (QED) is 0.555. The minimum Gasteiger partial charge on any atom is -0.497 e. The molecule has 0 fully saturated rings. The average Bonchev–Trinajstić information content (AvgIpc) is 3.06. The van der Waals surface area contributed by atoms with Crippen LogP contribution in [0.2, 0.25) is 0 Å². The Hall–Kier alpha value is -3.02. The van der Waals surface area contributed by atoms with Crippen LogP contribution in [0.25, 0.3) is 5.65 Å². The lowest BCUT2D eigenvalue weighted by Gasteiger charge is -2.11. The second-order valence-corrected chi connectivity index (χ2v) is 5.76. The van der Waals surface area contributed by atoms with Crippen molar-refractivity contribution >= 4 is 11.6 Å². The molecule has 0 radical (unpaired) electrons. The van der Waals surface area contributed by atoms with Crippen LogP contribution in [0, 0.1) is 6.92 Å². The number of rotatable bonds is 5. The lowest BCUT2D eigenvalue weighted by Crippen LogP contribution is -2.36. The second-order valence-electron chi connectivity index (χ2n) is 5.76. The van der Waals surface area contributed by atoms with E-state index in [0.29, 0.717) is 13.1 Å². The first kappa shape index (κ1) is 16.8. The Kier molecular flexibility index (Phi) is 5.18. The minimum absolute atomic E-state index is 0.610. The topological polar surface area (TPSA) is 63.0 Å². The Bertz CT molecular complexity index is 884. The standard InChI is InChI=1S/C19H23N5O/c1-14-6-4-9-18-23-16(13-24(14)18)12-22-19(20-2)21-11-15-7-5-8-17(10-15)25-3/h4-10,13H,11-12H2,1-3H3,(H2,20,21,22). The number of pyridine rings is 1. The molecule has 0 aliphatic heterocycles. The zero-order chi connectivity index (χ0) is 17.6. The van der Waals surface area contributed by atoms with Gasteiger partial charge in [0.1, 0.15) is 11.4 Å². The molecule has 6 nitrogen and oxygen atoms in total. The van der Waals surface area contributed by atoms with Crippen LogP contribution in [0.4, 0.5) is 0 Å². The number of hydrogen-bond donors (Lipinski definition) is 2. The lowest BCUT2D eigenvalue weighted by molar-refractivity contribution is 0.414. The number of imidazole rings is 1. The highest BCUT2D eigenvalue weighted by molar-refractivity contribution is 5.79. The molecule has 0 aliphatic rings. The van der Waals surface area contributed by atoms with Crippen molar-refractivity contribution in [2.24, 2.45) is 4.99 Å². The molecule has 3 rings (SSSR count). The van der Waals surface area contributed by atoms with E-state index in [4.69, 9.17) is 4.74 Å². The van der Waals surface area contributed by atoms with E-state index in [1.54, 1.807) is 14.2 Å². The van der Waals surface area contributed by atoms with Crippen molar-refractivity contribution in [2.75, 3.05) is 14.2 Å². The third-order valence-corrected chi connectivity index (χ3v) is 4.00. The summed E-state index contributed by atoms with van der Waals surface area (Å²) in [5.41, 5.74) is 4.22. The summed E-state index contributed by atoms with van der Waals surface area (Å²) in [6.45, 7) is 3.35. The predicted octanol–water partition coefficient (Wildman–Crippen LogP) is 2.52. The summed E-state index contributed by atoms with van der Waals surface area (Å²) in [6.07, 6.45) is 2.05. The van der Waals surface area contributed by atoms with E-state index in [-0.39, 0.29) is 0 Å². The molecular weight excluding hydrogens is 314 g/mol. The van der Waals surface area contributed by atoms with Gasteiger partial charge in [0.2, 0.25) is 0 Å². The van der Waals surface area contributed by atoms with Gasteiger partial charge in [0, 0.05) is 25.5 Å². The zero-order valence-electron chi connectivity index (χ0n) is 14.8. The van der Waals surface area contributed by atoms with Gasteiger partial charge in [-0.15, -0.1) is 0 Å². The summed E-state index contributed by atoms with van der Waals surface area (Å²) in [5.74, 6) is 1.58. The molecule has 25 heavy (non-hydrogen) atoms. The highest BCUT2D eigenvalue weighted by Gasteiger charge is 2.05. The van der Waals surface area contributed by atoms with Crippen LogP contribution in [0.3, 0.4) is 0 Å². The van der Waals surface area contributed by atoms with Gasteiger partial charge in [-0.1, -0.05) is 18.2 Å². The third kappa shape index (κ3) is 4.09. The largest absolute Gasteiger partial charge is 0.497 e. The highest BCUT2D eigenvalue weighted by Crippen LogP contribution is 2.12. The number of fused-ring (bicyclic) bond motifs is 1. The van der Waals surface area contributed by atoms with E-state index in [1.807, 2.05) is 42.6 Å². The van der Waals surface area contributed by atoms with Crippen molar-refractivity contribution in [1.82, 2.24) is 20.0 Å². The normalized spacial score (nSPS) is 11.6. The molecular formula is C19H23N5O. The summed E-state index contributed by atoms with van der Waals surface area (Å²) in [6, 6.07) is 14.1. The molecule has 0 unspecified atom stereocenters. The van der Waals surface area contributed by atoms with Crippen LogP contribution < -0.4 is 15.4 Å². The SMILES string of the molecule is CN=C(NCc1cccc(OC)c1)NCc1cn2c(C)cccc2n1. The number of ether oxygens (including phenoxy) is 1. The monoisotopic (exact) mass is 337 g/mol. The predicted molar refractivity (Wildman–Crippen MR) is 100.0 cm³/mol. The molecule has 0 spiro atoms. The zero-order valence-corrected chi connectivity index (χ0v) is 14.8. The number of nitrogens with zero attached hydrogens (tertiary/aromatic N) is 3. The lowest BCUT2D eigenvalue weighted by atomic mass is 10.2. The van der Waals surface area contributed by atoms with Gasteiger partial charge in [0.15, 0.2) is 5.96 Å². The number of nitrogens with one attached hydrogen (secondary N) is 2. The molecule has 0 saturated carbocycles. The Morgan fingerprint density at radius 2 is 1.96 bits per heavy atom. The van der Waals surface area contributed by atoms with Crippen molar-refractivity contribution in [3.05, 3.63) is 65.6 Å². The van der Waals surface area contributed by atoms with Crippen LogP contribution in [-0.2, 0) is 13.1 Å². The summed E-state index contributed by atoms with van der Waals surface area (Å²) in [4.78, 5) is 8.88. The summed E-state index contributed by atoms with van der Waals surface area (Å²) < 4.78 is 7.33. The van der Waals surface area contributed by atoms with Crippen molar-refractivity contribution in [3.8, 4) is 5.75 Å².